The number of rotatable bonds is 4. The third-order valence-corrected chi connectivity index (χ3v) is 4.99. The molecule has 1 N–H and O–H groups in total. The highest BCUT2D eigenvalue weighted by molar-refractivity contribution is 7.17. The molecule has 122 valence electrons. The molecular weight excluding hydrogens is 324 g/mol. The number of anilines is 2. The quantitative estimate of drug-likeness (QED) is 0.791. The van der Waals surface area contributed by atoms with Crippen LogP contribution in [0.1, 0.15) is 5.56 Å². The fourth-order valence-electron chi connectivity index (χ4n) is 2.84. The number of carbonyl (C=O) groups excluding carboxylic acids is 1. The summed E-state index contributed by atoms with van der Waals surface area (Å²) in [5, 5.41) is 6.46. The number of ether oxygens (including phenoxy) is 1. The van der Waals surface area contributed by atoms with E-state index in [0.717, 1.165) is 33.0 Å². The summed E-state index contributed by atoms with van der Waals surface area (Å²) in [7, 11) is 0. The lowest BCUT2D eigenvalue weighted by Crippen LogP contribution is -2.41. The average Bonchev–Trinajstić information content (AvgIpc) is 2.99. The molecule has 1 aliphatic heterocycles. The number of hydrogen-bond donors (Lipinski definition) is 1. The molecule has 0 unspecified atom stereocenters. The number of carbonyl (C=O) groups is 1. The zero-order chi connectivity index (χ0) is 16.5. The minimum Gasteiger partial charge on any atom is -0.482 e. The number of hydrogen-bond acceptors (Lipinski definition) is 6. The Bertz CT molecular complexity index is 908. The van der Waals surface area contributed by atoms with E-state index < -0.39 is 0 Å². The number of thiophene rings is 1. The molecular formula is C17H16N4O2S. The molecule has 2 aromatic heterocycles. The van der Waals surface area contributed by atoms with E-state index >= 15 is 0 Å². The molecule has 0 aliphatic carbocycles. The lowest BCUT2D eigenvalue weighted by Gasteiger charge is -2.29. The Morgan fingerprint density at radius 3 is 3.12 bits per heavy atom. The van der Waals surface area contributed by atoms with Crippen molar-refractivity contribution in [1.82, 2.24) is 9.97 Å². The van der Waals surface area contributed by atoms with Crippen molar-refractivity contribution in [2.45, 2.75) is 6.92 Å². The number of nitrogens with one attached hydrogen (secondary N) is 1. The van der Waals surface area contributed by atoms with E-state index in [2.05, 4.69) is 27.6 Å². The minimum absolute atomic E-state index is 0.0324. The standard InChI is InChI=1S/C17H16N4O2S/c1-11-9-24-17-15(11)16(19-10-20-17)18-6-7-21-12-4-2-3-5-13(12)23-8-14(21)22/h2-5,9-10H,6-8H2,1H3,(H,18,19,20). The number of fused-ring (bicyclic) bond motifs is 2. The number of nitrogens with zero attached hydrogens (tertiary/aromatic N) is 3. The maximum Gasteiger partial charge on any atom is 0.265 e. The lowest BCUT2D eigenvalue weighted by atomic mass is 10.2. The van der Waals surface area contributed by atoms with Crippen molar-refractivity contribution in [3.05, 3.63) is 41.5 Å². The largest absolute Gasteiger partial charge is 0.482 e. The van der Waals surface area contributed by atoms with Gasteiger partial charge in [-0.2, -0.15) is 0 Å². The number of aromatic nitrogens is 2. The molecule has 0 fully saturated rings. The van der Waals surface area contributed by atoms with Crippen LogP contribution in [0.4, 0.5) is 11.5 Å². The van der Waals surface area contributed by atoms with E-state index in [-0.39, 0.29) is 12.5 Å². The van der Waals surface area contributed by atoms with Gasteiger partial charge in [-0.15, -0.1) is 11.3 Å². The Kier molecular flexibility index (Phi) is 3.78. The van der Waals surface area contributed by atoms with Crippen LogP contribution in [0.2, 0.25) is 0 Å². The first-order valence-corrected chi connectivity index (χ1v) is 8.57. The van der Waals surface area contributed by atoms with E-state index in [9.17, 15) is 4.79 Å². The second kappa shape index (κ2) is 6.09. The van der Waals surface area contributed by atoms with E-state index in [1.165, 1.54) is 0 Å². The Morgan fingerprint density at radius 1 is 1.33 bits per heavy atom. The van der Waals surface area contributed by atoms with Gasteiger partial charge in [0.25, 0.3) is 5.91 Å². The van der Waals surface area contributed by atoms with E-state index in [4.69, 9.17) is 4.74 Å². The summed E-state index contributed by atoms with van der Waals surface area (Å²) < 4.78 is 5.46. The molecule has 1 amide bonds. The molecule has 6 nitrogen and oxygen atoms in total. The first-order chi connectivity index (χ1) is 11.7. The second-order valence-electron chi connectivity index (χ2n) is 5.55. The molecule has 0 bridgehead atoms. The maximum absolute atomic E-state index is 12.2. The summed E-state index contributed by atoms with van der Waals surface area (Å²) in [4.78, 5) is 23.5. The molecule has 0 saturated heterocycles. The van der Waals surface area contributed by atoms with E-state index in [0.29, 0.717) is 13.1 Å². The highest BCUT2D eigenvalue weighted by Crippen LogP contribution is 2.31. The van der Waals surface area contributed by atoms with Gasteiger partial charge in [-0.1, -0.05) is 12.1 Å². The van der Waals surface area contributed by atoms with Gasteiger partial charge < -0.3 is 15.0 Å². The predicted molar refractivity (Wildman–Crippen MR) is 94.9 cm³/mol. The average molecular weight is 340 g/mol. The van der Waals surface area contributed by atoms with Crippen molar-refractivity contribution in [2.75, 3.05) is 29.9 Å². The van der Waals surface area contributed by atoms with Gasteiger partial charge >= 0.3 is 0 Å². The van der Waals surface area contributed by atoms with Gasteiger partial charge in [0.05, 0.1) is 11.1 Å². The minimum atomic E-state index is -0.0324. The van der Waals surface area contributed by atoms with Crippen LogP contribution in [0.15, 0.2) is 36.0 Å². The van der Waals surface area contributed by atoms with Crippen LogP contribution < -0.4 is 15.0 Å². The van der Waals surface area contributed by atoms with Crippen molar-refractivity contribution in [1.29, 1.82) is 0 Å². The predicted octanol–water partition coefficient (Wildman–Crippen LogP) is 2.84. The Morgan fingerprint density at radius 2 is 2.21 bits per heavy atom. The van der Waals surface area contributed by atoms with Crippen molar-refractivity contribution in [2.24, 2.45) is 0 Å². The number of para-hydroxylation sites is 2. The van der Waals surface area contributed by atoms with Crippen LogP contribution in [0, 0.1) is 6.92 Å². The summed E-state index contributed by atoms with van der Waals surface area (Å²) in [6, 6.07) is 7.59. The summed E-state index contributed by atoms with van der Waals surface area (Å²) in [5.41, 5.74) is 1.97. The molecule has 4 rings (SSSR count). The van der Waals surface area contributed by atoms with Crippen LogP contribution in [-0.4, -0.2) is 35.6 Å². The highest BCUT2D eigenvalue weighted by Gasteiger charge is 2.24. The van der Waals surface area contributed by atoms with Gasteiger partial charge in [-0.05, 0) is 30.0 Å². The highest BCUT2D eigenvalue weighted by atomic mass is 32.1. The van der Waals surface area contributed by atoms with Crippen LogP contribution >= 0.6 is 11.3 Å². The van der Waals surface area contributed by atoms with E-state index in [1.807, 2.05) is 24.3 Å². The molecule has 0 spiro atoms. The van der Waals surface area contributed by atoms with Crippen molar-refractivity contribution in [3.63, 3.8) is 0 Å². The van der Waals surface area contributed by atoms with Crippen LogP contribution in [0.5, 0.6) is 5.75 Å². The molecule has 3 aromatic rings. The van der Waals surface area contributed by atoms with Crippen LogP contribution in [0.25, 0.3) is 10.2 Å². The smallest absolute Gasteiger partial charge is 0.265 e. The summed E-state index contributed by atoms with van der Waals surface area (Å²) in [6.45, 7) is 3.28. The molecule has 1 aromatic carbocycles. The SMILES string of the molecule is Cc1csc2ncnc(NCCN3C(=O)COc4ccccc43)c12. The molecule has 0 radical (unpaired) electrons. The van der Waals surface area contributed by atoms with Gasteiger partial charge in [0.1, 0.15) is 22.7 Å². The summed E-state index contributed by atoms with van der Waals surface area (Å²) in [5.74, 6) is 1.53. The van der Waals surface area contributed by atoms with Gasteiger partial charge in [0, 0.05) is 13.1 Å². The molecule has 3 heterocycles. The Balaban J connectivity index is 1.51. The number of aryl methyl sites for hydroxylation is 1. The molecule has 1 aliphatic rings. The number of benzene rings is 1. The fraction of sp³-hybridized carbons (Fsp3) is 0.235. The Hall–Kier alpha value is -2.67. The van der Waals surface area contributed by atoms with E-state index in [1.54, 1.807) is 22.6 Å². The lowest BCUT2D eigenvalue weighted by molar-refractivity contribution is -0.121. The fourth-order valence-corrected chi connectivity index (χ4v) is 3.73. The van der Waals surface area contributed by atoms with Crippen LogP contribution in [0.3, 0.4) is 0 Å². The van der Waals surface area contributed by atoms with Gasteiger partial charge in [-0.3, -0.25) is 4.79 Å². The van der Waals surface area contributed by atoms with Gasteiger partial charge in [0.2, 0.25) is 0 Å². The topological polar surface area (TPSA) is 67.4 Å². The first kappa shape index (κ1) is 14.9. The van der Waals surface area contributed by atoms with Crippen molar-refractivity contribution < 1.29 is 9.53 Å². The monoisotopic (exact) mass is 340 g/mol. The third-order valence-electron chi connectivity index (χ3n) is 3.99. The molecule has 0 saturated carbocycles. The van der Waals surface area contributed by atoms with Gasteiger partial charge in [0.15, 0.2) is 6.61 Å². The van der Waals surface area contributed by atoms with Crippen molar-refractivity contribution in [3.8, 4) is 5.75 Å². The van der Waals surface area contributed by atoms with Crippen LogP contribution in [-0.2, 0) is 4.79 Å². The van der Waals surface area contributed by atoms with Crippen molar-refractivity contribution >= 4 is 39.0 Å². The normalized spacial score (nSPS) is 13.7. The third kappa shape index (κ3) is 2.56. The summed E-state index contributed by atoms with van der Waals surface area (Å²) >= 11 is 1.61. The van der Waals surface area contributed by atoms with Gasteiger partial charge in [-0.25, -0.2) is 9.97 Å². The zero-order valence-electron chi connectivity index (χ0n) is 13.2. The second-order valence-corrected chi connectivity index (χ2v) is 6.41. The first-order valence-electron chi connectivity index (χ1n) is 7.69. The molecule has 7 heteroatoms. The maximum atomic E-state index is 12.2. The summed E-state index contributed by atoms with van der Waals surface area (Å²) in [6.07, 6.45) is 1.57. The Labute approximate surface area is 143 Å². The molecule has 0 atom stereocenters. The number of amides is 1. The zero-order valence-corrected chi connectivity index (χ0v) is 14.0. The molecule has 24 heavy (non-hydrogen) atoms.